The summed E-state index contributed by atoms with van der Waals surface area (Å²) >= 11 is 0. The summed E-state index contributed by atoms with van der Waals surface area (Å²) in [7, 11) is 0. The second-order valence-corrected chi connectivity index (χ2v) is 18.9. The monoisotopic (exact) mass is 655 g/mol. The summed E-state index contributed by atoms with van der Waals surface area (Å²) in [5.74, 6) is 7.76. The van der Waals surface area contributed by atoms with E-state index in [2.05, 4.69) is 58.2 Å². The minimum absolute atomic E-state index is 0.362. The molecular formula is C44H70N4. The summed E-state index contributed by atoms with van der Waals surface area (Å²) < 4.78 is 0. The molecule has 266 valence electrons. The Morgan fingerprint density at radius 1 is 0.625 bits per heavy atom. The van der Waals surface area contributed by atoms with Gasteiger partial charge in [-0.15, -0.1) is 0 Å². The molecule has 4 heteroatoms. The molecule has 9 aliphatic rings. The Morgan fingerprint density at radius 3 is 2.02 bits per heavy atom. The van der Waals surface area contributed by atoms with Gasteiger partial charge < -0.3 is 0 Å². The normalized spacial score (nSPS) is 47.6. The summed E-state index contributed by atoms with van der Waals surface area (Å²) in [6.45, 7) is 2.50. The highest BCUT2D eigenvalue weighted by atomic mass is 15.4. The van der Waals surface area contributed by atoms with Gasteiger partial charge in [0.15, 0.2) is 0 Å². The van der Waals surface area contributed by atoms with Crippen LogP contribution in [0.2, 0.25) is 0 Å². The maximum atomic E-state index is 4.20. The van der Waals surface area contributed by atoms with Crippen LogP contribution in [0.5, 0.6) is 0 Å². The number of rotatable bonds is 5. The highest BCUT2D eigenvalue weighted by molar-refractivity contribution is 5.24. The SMILES string of the molecule is CC1CCC(C2CCC3C4C=CC5CCC=CC5C4N(C4CC=C(C5NC(C6CCCCC6)NC(C6CCCCC6)N5)CC4)C3C2)CC1. The van der Waals surface area contributed by atoms with Crippen molar-refractivity contribution in [3.8, 4) is 0 Å². The Bertz CT molecular complexity index is 1140. The molecule has 7 aliphatic carbocycles. The van der Waals surface area contributed by atoms with Gasteiger partial charge in [-0.05, 0) is 149 Å². The smallest absolute Gasteiger partial charge is 0.0818 e. The molecule has 3 N–H and O–H groups in total. The average molecular weight is 655 g/mol. The van der Waals surface area contributed by atoms with Crippen LogP contribution < -0.4 is 16.0 Å². The van der Waals surface area contributed by atoms with E-state index in [4.69, 9.17) is 0 Å². The Morgan fingerprint density at radius 2 is 1.33 bits per heavy atom. The third-order valence-corrected chi connectivity index (χ3v) is 16.3. The average Bonchev–Trinajstić information content (AvgIpc) is 3.50. The molecule has 0 aromatic heterocycles. The van der Waals surface area contributed by atoms with Gasteiger partial charge in [0, 0.05) is 18.1 Å². The van der Waals surface area contributed by atoms with Crippen LogP contribution in [0.4, 0.5) is 0 Å². The zero-order chi connectivity index (χ0) is 32.0. The summed E-state index contributed by atoms with van der Waals surface area (Å²) in [6.07, 6.45) is 46.1. The van der Waals surface area contributed by atoms with Crippen molar-refractivity contribution in [2.24, 2.45) is 53.3 Å². The molecule has 0 aromatic carbocycles. The van der Waals surface area contributed by atoms with Gasteiger partial charge in [0.05, 0.1) is 18.5 Å². The molecule has 10 atom stereocenters. The lowest BCUT2D eigenvalue weighted by Gasteiger charge is -2.49. The van der Waals surface area contributed by atoms with E-state index < -0.39 is 0 Å². The van der Waals surface area contributed by atoms with Gasteiger partial charge in [-0.1, -0.05) is 88.7 Å². The minimum atomic E-state index is 0.362. The van der Waals surface area contributed by atoms with Crippen molar-refractivity contribution in [2.45, 2.75) is 185 Å². The van der Waals surface area contributed by atoms with E-state index in [0.29, 0.717) is 18.5 Å². The molecule has 6 fully saturated rings. The highest BCUT2D eigenvalue weighted by Gasteiger charge is 2.56. The lowest BCUT2D eigenvalue weighted by atomic mass is 9.64. The van der Waals surface area contributed by atoms with Crippen LogP contribution >= 0.6 is 0 Å². The molecule has 0 radical (unpaired) electrons. The third-order valence-electron chi connectivity index (χ3n) is 16.3. The molecule has 4 saturated carbocycles. The number of nitrogens with one attached hydrogen (secondary N) is 3. The summed E-state index contributed by atoms with van der Waals surface area (Å²) in [5.41, 5.74) is 1.69. The quantitative estimate of drug-likeness (QED) is 0.258. The molecule has 4 nitrogen and oxygen atoms in total. The number of fused-ring (bicyclic) bond motifs is 5. The summed E-state index contributed by atoms with van der Waals surface area (Å²) in [4.78, 5) is 3.26. The van der Waals surface area contributed by atoms with Gasteiger partial charge in [-0.2, -0.15) is 0 Å². The maximum Gasteiger partial charge on any atom is 0.0818 e. The second-order valence-electron chi connectivity index (χ2n) is 18.9. The van der Waals surface area contributed by atoms with E-state index in [-0.39, 0.29) is 0 Å². The molecule has 10 unspecified atom stereocenters. The van der Waals surface area contributed by atoms with Gasteiger partial charge in [0.2, 0.25) is 0 Å². The first-order valence-corrected chi connectivity index (χ1v) is 21.8. The van der Waals surface area contributed by atoms with Gasteiger partial charge in [-0.3, -0.25) is 20.9 Å². The number of allylic oxidation sites excluding steroid dienone is 2. The number of hydrogen-bond donors (Lipinski definition) is 3. The molecule has 2 heterocycles. The van der Waals surface area contributed by atoms with Crippen LogP contribution in [-0.2, 0) is 0 Å². The molecule has 0 bridgehead atoms. The number of likely N-dealkylation sites (tertiary alicyclic amines) is 1. The molecule has 0 amide bonds. The van der Waals surface area contributed by atoms with Crippen molar-refractivity contribution < 1.29 is 0 Å². The Labute approximate surface area is 294 Å². The molecule has 9 rings (SSSR count). The second kappa shape index (κ2) is 14.6. The lowest BCUT2D eigenvalue weighted by Crippen LogP contribution is -2.71. The predicted octanol–water partition coefficient (Wildman–Crippen LogP) is 9.45. The fourth-order valence-corrected chi connectivity index (χ4v) is 13.6. The van der Waals surface area contributed by atoms with E-state index in [1.54, 1.807) is 5.57 Å². The van der Waals surface area contributed by atoms with E-state index in [9.17, 15) is 0 Å². The number of hydrogen-bond acceptors (Lipinski definition) is 4. The topological polar surface area (TPSA) is 39.3 Å². The van der Waals surface area contributed by atoms with Crippen molar-refractivity contribution in [2.75, 3.05) is 0 Å². The van der Waals surface area contributed by atoms with E-state index in [1.165, 1.54) is 141 Å². The van der Waals surface area contributed by atoms with Crippen LogP contribution in [0.15, 0.2) is 36.0 Å². The zero-order valence-electron chi connectivity index (χ0n) is 30.6. The largest absolute Gasteiger partial charge is 0.293 e. The van der Waals surface area contributed by atoms with Gasteiger partial charge in [0.1, 0.15) is 0 Å². The van der Waals surface area contributed by atoms with Crippen molar-refractivity contribution >= 4 is 0 Å². The third kappa shape index (κ3) is 6.49. The summed E-state index contributed by atoms with van der Waals surface area (Å²) in [6, 6.07) is 2.30. The van der Waals surface area contributed by atoms with Gasteiger partial charge in [0.25, 0.3) is 0 Å². The van der Waals surface area contributed by atoms with Gasteiger partial charge >= 0.3 is 0 Å². The fraction of sp³-hybridized carbons (Fsp3) is 0.864. The maximum absolute atomic E-state index is 4.20. The van der Waals surface area contributed by atoms with Crippen LogP contribution in [0, 0.1) is 53.3 Å². The molecular weight excluding hydrogens is 585 g/mol. The molecule has 2 saturated heterocycles. The first-order valence-electron chi connectivity index (χ1n) is 21.8. The van der Waals surface area contributed by atoms with Crippen LogP contribution in [0.25, 0.3) is 0 Å². The molecule has 0 aromatic rings. The Balaban J connectivity index is 0.950. The van der Waals surface area contributed by atoms with Crippen molar-refractivity contribution in [1.29, 1.82) is 0 Å². The molecule has 48 heavy (non-hydrogen) atoms. The van der Waals surface area contributed by atoms with E-state index in [1.807, 2.05) is 0 Å². The highest BCUT2D eigenvalue weighted by Crippen LogP contribution is 2.56. The Kier molecular flexibility index (Phi) is 10.0. The minimum Gasteiger partial charge on any atom is -0.293 e. The first kappa shape index (κ1) is 32.9. The van der Waals surface area contributed by atoms with Crippen molar-refractivity contribution in [1.82, 2.24) is 20.9 Å². The molecule has 2 aliphatic heterocycles. The fourth-order valence-electron chi connectivity index (χ4n) is 13.6. The predicted molar refractivity (Wildman–Crippen MR) is 199 cm³/mol. The first-order chi connectivity index (χ1) is 23.7. The van der Waals surface area contributed by atoms with E-state index >= 15 is 0 Å². The van der Waals surface area contributed by atoms with Gasteiger partial charge in [-0.25, -0.2) is 0 Å². The van der Waals surface area contributed by atoms with Crippen molar-refractivity contribution in [3.63, 3.8) is 0 Å². The Hall–Kier alpha value is -0.940. The molecule has 0 spiro atoms. The van der Waals surface area contributed by atoms with Crippen LogP contribution in [0.3, 0.4) is 0 Å². The number of nitrogens with zero attached hydrogens (tertiary/aromatic N) is 1. The lowest BCUT2D eigenvalue weighted by molar-refractivity contribution is 0.0356. The van der Waals surface area contributed by atoms with E-state index in [0.717, 1.165) is 71.4 Å². The van der Waals surface area contributed by atoms with Crippen molar-refractivity contribution in [3.05, 3.63) is 36.0 Å². The summed E-state index contributed by atoms with van der Waals surface area (Å²) in [5, 5.41) is 12.6. The van der Waals surface area contributed by atoms with Crippen LogP contribution in [0.1, 0.15) is 148 Å². The standard InChI is InChI=1S/C44H70N4/c1-29-16-18-30(19-17-29)35-23-26-38-39-27-22-31-10-8-9-15-37(31)41(39)48(40(38)28-35)36-24-20-34(21-25-36)44-46-42(32-11-4-2-5-12-32)45-43(47-44)33-13-6-3-7-14-33/h9,15,20,22,27,29-33,35-47H,2-8,10-14,16-19,21,23-26,28H2,1H3. The van der Waals surface area contributed by atoms with Crippen LogP contribution in [-0.4, -0.2) is 41.5 Å². The zero-order valence-corrected chi connectivity index (χ0v) is 30.6.